The molecular formula is C18H13N3O3. The molecule has 0 unspecified atom stereocenters. The van der Waals surface area contributed by atoms with Crippen LogP contribution in [0.25, 0.3) is 11.0 Å². The molecule has 2 aromatic carbocycles. The van der Waals surface area contributed by atoms with Gasteiger partial charge in [-0.05, 0) is 24.3 Å². The average Bonchev–Trinajstić information content (AvgIpc) is 3.19. The summed E-state index contributed by atoms with van der Waals surface area (Å²) >= 11 is 0. The van der Waals surface area contributed by atoms with Crippen molar-refractivity contribution in [2.75, 3.05) is 5.01 Å². The molecule has 24 heavy (non-hydrogen) atoms. The average molecular weight is 319 g/mol. The molecular weight excluding hydrogens is 306 g/mol. The SMILES string of the molecule is O=C(NC1=NN(c2ccccc2)C(=O)C1)c1cc2ccccc2o1. The summed E-state index contributed by atoms with van der Waals surface area (Å²) < 4.78 is 5.51. The summed E-state index contributed by atoms with van der Waals surface area (Å²) in [7, 11) is 0. The number of carbonyl (C=O) groups excluding carboxylic acids is 2. The van der Waals surface area contributed by atoms with Crippen LogP contribution >= 0.6 is 0 Å². The van der Waals surface area contributed by atoms with E-state index in [1.165, 1.54) is 5.01 Å². The number of hydrogen-bond acceptors (Lipinski definition) is 4. The van der Waals surface area contributed by atoms with Crippen molar-refractivity contribution in [1.29, 1.82) is 0 Å². The van der Waals surface area contributed by atoms with Crippen LogP contribution in [0.4, 0.5) is 5.69 Å². The molecule has 0 fully saturated rings. The Balaban J connectivity index is 1.54. The smallest absolute Gasteiger partial charge is 0.292 e. The standard InChI is InChI=1S/C18H13N3O3/c22-17-11-16(20-21(17)13-7-2-1-3-8-13)19-18(23)15-10-12-6-4-5-9-14(12)24-15/h1-10H,11H2,(H,19,20,23). The Hall–Kier alpha value is -3.41. The molecule has 0 saturated carbocycles. The third kappa shape index (κ3) is 2.54. The van der Waals surface area contributed by atoms with Crippen LogP contribution < -0.4 is 10.3 Å². The number of nitrogens with zero attached hydrogens (tertiary/aromatic N) is 2. The highest BCUT2D eigenvalue weighted by atomic mass is 16.3. The van der Waals surface area contributed by atoms with Gasteiger partial charge in [-0.15, -0.1) is 0 Å². The zero-order chi connectivity index (χ0) is 16.5. The minimum absolute atomic E-state index is 0.0425. The highest BCUT2D eigenvalue weighted by Crippen LogP contribution is 2.21. The van der Waals surface area contributed by atoms with Crippen molar-refractivity contribution in [2.45, 2.75) is 6.42 Å². The first-order chi connectivity index (χ1) is 11.7. The molecule has 0 atom stereocenters. The summed E-state index contributed by atoms with van der Waals surface area (Å²) in [6.07, 6.45) is 0.0425. The molecule has 2 heterocycles. The predicted molar refractivity (Wildman–Crippen MR) is 89.7 cm³/mol. The quantitative estimate of drug-likeness (QED) is 0.789. The molecule has 0 saturated heterocycles. The molecule has 2 amide bonds. The number of amides is 2. The topological polar surface area (TPSA) is 74.9 Å². The van der Waals surface area contributed by atoms with Gasteiger partial charge in [0.1, 0.15) is 11.4 Å². The monoisotopic (exact) mass is 319 g/mol. The third-order valence-electron chi connectivity index (χ3n) is 3.68. The maximum Gasteiger partial charge on any atom is 0.292 e. The Kier molecular flexibility index (Phi) is 3.35. The Morgan fingerprint density at radius 1 is 1.08 bits per heavy atom. The summed E-state index contributed by atoms with van der Waals surface area (Å²) in [5.41, 5.74) is 1.30. The van der Waals surface area contributed by atoms with Crippen molar-refractivity contribution in [1.82, 2.24) is 5.32 Å². The van der Waals surface area contributed by atoms with Gasteiger partial charge in [0.25, 0.3) is 11.8 Å². The lowest BCUT2D eigenvalue weighted by Gasteiger charge is -2.10. The van der Waals surface area contributed by atoms with Gasteiger partial charge in [-0.3, -0.25) is 9.59 Å². The van der Waals surface area contributed by atoms with E-state index in [1.807, 2.05) is 36.4 Å². The molecule has 1 aliphatic heterocycles. The summed E-state index contributed by atoms with van der Waals surface area (Å²) in [5.74, 6) is -0.132. The van der Waals surface area contributed by atoms with Crippen LogP contribution in [0.5, 0.6) is 0 Å². The Morgan fingerprint density at radius 3 is 2.62 bits per heavy atom. The molecule has 1 aliphatic rings. The fourth-order valence-corrected chi connectivity index (χ4v) is 2.56. The second-order valence-electron chi connectivity index (χ2n) is 5.37. The van der Waals surface area contributed by atoms with Crippen LogP contribution in [0, 0.1) is 0 Å². The minimum Gasteiger partial charge on any atom is -0.451 e. The number of furan rings is 1. The van der Waals surface area contributed by atoms with Gasteiger partial charge in [-0.25, -0.2) is 0 Å². The van der Waals surface area contributed by atoms with Crippen molar-refractivity contribution in [3.63, 3.8) is 0 Å². The highest BCUT2D eigenvalue weighted by Gasteiger charge is 2.27. The Morgan fingerprint density at radius 2 is 1.83 bits per heavy atom. The molecule has 0 aliphatic carbocycles. The van der Waals surface area contributed by atoms with Crippen LogP contribution in [0.1, 0.15) is 17.0 Å². The number of nitrogens with one attached hydrogen (secondary N) is 1. The van der Waals surface area contributed by atoms with Crippen LogP contribution in [0.3, 0.4) is 0 Å². The lowest BCUT2D eigenvalue weighted by molar-refractivity contribution is -0.116. The van der Waals surface area contributed by atoms with E-state index in [-0.39, 0.29) is 18.1 Å². The van der Waals surface area contributed by atoms with Crippen molar-refractivity contribution in [2.24, 2.45) is 5.10 Å². The number of amidine groups is 1. The zero-order valence-corrected chi connectivity index (χ0v) is 12.6. The van der Waals surface area contributed by atoms with Crippen LogP contribution in [0.2, 0.25) is 0 Å². The van der Waals surface area contributed by atoms with Gasteiger partial charge in [-0.2, -0.15) is 10.1 Å². The van der Waals surface area contributed by atoms with E-state index in [2.05, 4.69) is 10.4 Å². The molecule has 4 rings (SSSR count). The van der Waals surface area contributed by atoms with Crippen LogP contribution in [0.15, 0.2) is 70.2 Å². The molecule has 0 spiro atoms. The van der Waals surface area contributed by atoms with Crippen molar-refractivity contribution in [3.8, 4) is 0 Å². The van der Waals surface area contributed by atoms with Gasteiger partial charge in [0.05, 0.1) is 12.1 Å². The first-order valence-corrected chi connectivity index (χ1v) is 7.46. The van der Waals surface area contributed by atoms with E-state index in [0.29, 0.717) is 17.1 Å². The van der Waals surface area contributed by atoms with E-state index in [4.69, 9.17) is 4.42 Å². The molecule has 3 aromatic rings. The van der Waals surface area contributed by atoms with Crippen LogP contribution in [-0.2, 0) is 4.79 Å². The molecule has 118 valence electrons. The lowest BCUT2D eigenvalue weighted by Crippen LogP contribution is -2.29. The van der Waals surface area contributed by atoms with Crippen molar-refractivity contribution >= 4 is 34.3 Å². The number of para-hydroxylation sites is 2. The second-order valence-corrected chi connectivity index (χ2v) is 5.37. The highest BCUT2D eigenvalue weighted by molar-refractivity contribution is 6.17. The normalized spacial score (nSPS) is 14.1. The van der Waals surface area contributed by atoms with E-state index in [9.17, 15) is 9.59 Å². The van der Waals surface area contributed by atoms with E-state index < -0.39 is 5.91 Å². The Labute approximate surface area is 137 Å². The Bertz CT molecular complexity index is 927. The molecule has 1 N–H and O–H groups in total. The van der Waals surface area contributed by atoms with E-state index >= 15 is 0 Å². The largest absolute Gasteiger partial charge is 0.451 e. The second kappa shape index (κ2) is 5.66. The zero-order valence-electron chi connectivity index (χ0n) is 12.6. The molecule has 6 heteroatoms. The van der Waals surface area contributed by atoms with Gasteiger partial charge >= 0.3 is 0 Å². The maximum atomic E-state index is 12.3. The molecule has 6 nitrogen and oxygen atoms in total. The molecule has 0 radical (unpaired) electrons. The summed E-state index contributed by atoms with van der Waals surface area (Å²) in [4.78, 5) is 24.4. The number of benzene rings is 2. The number of hydrogen-bond donors (Lipinski definition) is 1. The van der Waals surface area contributed by atoms with E-state index in [0.717, 1.165) is 5.39 Å². The number of anilines is 1. The van der Waals surface area contributed by atoms with Gasteiger partial charge in [0.15, 0.2) is 5.76 Å². The van der Waals surface area contributed by atoms with Gasteiger partial charge in [0, 0.05) is 5.39 Å². The summed E-state index contributed by atoms with van der Waals surface area (Å²) in [6, 6.07) is 18.1. The first-order valence-electron chi connectivity index (χ1n) is 7.46. The third-order valence-corrected chi connectivity index (χ3v) is 3.68. The number of carbonyl (C=O) groups is 2. The van der Waals surface area contributed by atoms with Gasteiger partial charge in [0.2, 0.25) is 0 Å². The van der Waals surface area contributed by atoms with Gasteiger partial charge in [-0.1, -0.05) is 36.4 Å². The maximum absolute atomic E-state index is 12.3. The van der Waals surface area contributed by atoms with Gasteiger partial charge < -0.3 is 9.73 Å². The predicted octanol–water partition coefficient (Wildman–Crippen LogP) is 2.91. The molecule has 1 aromatic heterocycles. The summed E-state index contributed by atoms with van der Waals surface area (Å²) in [5, 5.41) is 8.96. The fourth-order valence-electron chi connectivity index (χ4n) is 2.56. The number of rotatable bonds is 2. The van der Waals surface area contributed by atoms with Crippen LogP contribution in [-0.4, -0.2) is 17.6 Å². The van der Waals surface area contributed by atoms with Crippen molar-refractivity contribution < 1.29 is 14.0 Å². The number of hydrazone groups is 1. The lowest BCUT2D eigenvalue weighted by atomic mass is 10.2. The summed E-state index contributed by atoms with van der Waals surface area (Å²) in [6.45, 7) is 0. The first kappa shape index (κ1) is 14.2. The molecule has 0 bridgehead atoms. The number of fused-ring (bicyclic) bond motifs is 1. The fraction of sp³-hybridized carbons (Fsp3) is 0.0556. The van der Waals surface area contributed by atoms with E-state index in [1.54, 1.807) is 24.3 Å². The minimum atomic E-state index is -0.423. The van der Waals surface area contributed by atoms with Crippen molar-refractivity contribution in [3.05, 3.63) is 66.4 Å².